The standard InChI is InChI=1S/C12H17N3.ClH/c1-3-10(13)8-11-12-6-4-5-7-15(12)9(2)14-11;/h4-7,10H,3,8,13H2,1-2H3;1H. The number of hydrogen-bond donors (Lipinski definition) is 1. The van der Waals surface area contributed by atoms with Gasteiger partial charge in [0.25, 0.3) is 0 Å². The van der Waals surface area contributed by atoms with Crippen LogP contribution in [0.2, 0.25) is 0 Å². The molecule has 0 fully saturated rings. The van der Waals surface area contributed by atoms with Crippen LogP contribution in [-0.2, 0) is 6.42 Å². The van der Waals surface area contributed by atoms with Gasteiger partial charge in [-0.25, -0.2) is 4.98 Å². The number of nitrogens with zero attached hydrogens (tertiary/aromatic N) is 2. The molecule has 16 heavy (non-hydrogen) atoms. The van der Waals surface area contributed by atoms with Gasteiger partial charge in [-0.1, -0.05) is 13.0 Å². The summed E-state index contributed by atoms with van der Waals surface area (Å²) in [6.07, 6.45) is 3.89. The molecule has 0 amide bonds. The number of aryl methyl sites for hydroxylation is 1. The van der Waals surface area contributed by atoms with Crippen molar-refractivity contribution in [3.8, 4) is 0 Å². The Bertz CT molecular complexity index is 464. The van der Waals surface area contributed by atoms with E-state index in [4.69, 9.17) is 5.73 Å². The Morgan fingerprint density at radius 2 is 2.19 bits per heavy atom. The highest BCUT2D eigenvalue weighted by Crippen LogP contribution is 2.14. The number of nitrogens with two attached hydrogens (primary N) is 1. The Morgan fingerprint density at radius 1 is 1.44 bits per heavy atom. The summed E-state index contributed by atoms with van der Waals surface area (Å²) in [7, 11) is 0. The first-order chi connectivity index (χ1) is 7.22. The topological polar surface area (TPSA) is 43.3 Å². The third kappa shape index (κ3) is 2.36. The molecular weight excluding hydrogens is 222 g/mol. The van der Waals surface area contributed by atoms with E-state index in [1.807, 2.05) is 25.3 Å². The lowest BCUT2D eigenvalue weighted by molar-refractivity contribution is 0.640. The lowest BCUT2D eigenvalue weighted by Gasteiger charge is -2.05. The van der Waals surface area contributed by atoms with Crippen LogP contribution < -0.4 is 5.73 Å². The van der Waals surface area contributed by atoms with Crippen molar-refractivity contribution in [2.45, 2.75) is 32.7 Å². The van der Waals surface area contributed by atoms with Gasteiger partial charge in [0.2, 0.25) is 0 Å². The minimum absolute atomic E-state index is 0. The third-order valence-electron chi connectivity index (χ3n) is 2.78. The number of halogens is 1. The van der Waals surface area contributed by atoms with Crippen molar-refractivity contribution in [2.24, 2.45) is 5.73 Å². The van der Waals surface area contributed by atoms with Crippen LogP contribution in [0.3, 0.4) is 0 Å². The van der Waals surface area contributed by atoms with E-state index in [9.17, 15) is 0 Å². The van der Waals surface area contributed by atoms with Gasteiger partial charge in [-0.3, -0.25) is 0 Å². The molecule has 0 aliphatic carbocycles. The summed E-state index contributed by atoms with van der Waals surface area (Å²) in [6, 6.07) is 6.36. The summed E-state index contributed by atoms with van der Waals surface area (Å²) in [5.74, 6) is 1.03. The van der Waals surface area contributed by atoms with E-state index in [1.165, 1.54) is 5.52 Å². The maximum Gasteiger partial charge on any atom is 0.110 e. The molecule has 0 aliphatic rings. The Morgan fingerprint density at radius 3 is 2.88 bits per heavy atom. The molecule has 2 rings (SSSR count). The summed E-state index contributed by atoms with van der Waals surface area (Å²) >= 11 is 0. The van der Waals surface area contributed by atoms with E-state index in [0.717, 1.165) is 24.4 Å². The quantitative estimate of drug-likeness (QED) is 0.894. The number of fused-ring (bicyclic) bond motifs is 1. The fourth-order valence-electron chi connectivity index (χ4n) is 1.81. The lowest BCUT2D eigenvalue weighted by Crippen LogP contribution is -2.21. The first kappa shape index (κ1) is 13.0. The minimum atomic E-state index is 0. The number of imidazole rings is 1. The largest absolute Gasteiger partial charge is 0.327 e. The van der Waals surface area contributed by atoms with Crippen molar-refractivity contribution >= 4 is 17.9 Å². The van der Waals surface area contributed by atoms with Crippen LogP contribution in [0.15, 0.2) is 24.4 Å². The number of hydrogen-bond acceptors (Lipinski definition) is 2. The van der Waals surface area contributed by atoms with Gasteiger partial charge < -0.3 is 10.1 Å². The Labute approximate surface area is 102 Å². The fraction of sp³-hybridized carbons (Fsp3) is 0.417. The fourth-order valence-corrected chi connectivity index (χ4v) is 1.81. The average Bonchev–Trinajstić information content (AvgIpc) is 2.57. The van der Waals surface area contributed by atoms with Crippen LogP contribution in [0.1, 0.15) is 24.9 Å². The molecule has 2 aromatic heterocycles. The van der Waals surface area contributed by atoms with Crippen LogP contribution in [0.5, 0.6) is 0 Å². The molecule has 2 N–H and O–H groups in total. The molecule has 1 unspecified atom stereocenters. The first-order valence-electron chi connectivity index (χ1n) is 5.40. The van der Waals surface area contributed by atoms with Gasteiger partial charge >= 0.3 is 0 Å². The number of rotatable bonds is 3. The van der Waals surface area contributed by atoms with Gasteiger partial charge in [0.1, 0.15) is 5.82 Å². The third-order valence-corrected chi connectivity index (χ3v) is 2.78. The molecule has 2 heterocycles. The molecule has 0 aliphatic heterocycles. The molecule has 0 radical (unpaired) electrons. The smallest absolute Gasteiger partial charge is 0.110 e. The number of pyridine rings is 1. The Balaban J connectivity index is 0.00000128. The van der Waals surface area contributed by atoms with Gasteiger partial charge in [-0.2, -0.15) is 0 Å². The summed E-state index contributed by atoms with van der Waals surface area (Å²) in [5, 5.41) is 0. The second-order valence-corrected chi connectivity index (χ2v) is 3.93. The monoisotopic (exact) mass is 239 g/mol. The predicted molar refractivity (Wildman–Crippen MR) is 69.1 cm³/mol. The van der Waals surface area contributed by atoms with E-state index in [0.29, 0.717) is 0 Å². The molecule has 0 aromatic carbocycles. The van der Waals surface area contributed by atoms with Gasteiger partial charge in [-0.05, 0) is 25.5 Å². The maximum absolute atomic E-state index is 5.96. The highest BCUT2D eigenvalue weighted by atomic mass is 35.5. The zero-order valence-electron chi connectivity index (χ0n) is 9.68. The average molecular weight is 240 g/mol. The minimum Gasteiger partial charge on any atom is -0.327 e. The Hall–Kier alpha value is -1.06. The second-order valence-electron chi connectivity index (χ2n) is 3.93. The van der Waals surface area contributed by atoms with Crippen LogP contribution in [0.25, 0.3) is 5.52 Å². The van der Waals surface area contributed by atoms with Crippen molar-refractivity contribution < 1.29 is 0 Å². The number of aromatic nitrogens is 2. The van der Waals surface area contributed by atoms with Crippen LogP contribution in [0, 0.1) is 6.92 Å². The molecule has 4 heteroatoms. The molecular formula is C12H18ClN3. The highest BCUT2D eigenvalue weighted by Gasteiger charge is 2.10. The first-order valence-corrected chi connectivity index (χ1v) is 5.40. The molecule has 0 bridgehead atoms. The molecule has 3 nitrogen and oxygen atoms in total. The van der Waals surface area contributed by atoms with E-state index < -0.39 is 0 Å². The zero-order chi connectivity index (χ0) is 10.8. The maximum atomic E-state index is 5.96. The van der Waals surface area contributed by atoms with E-state index >= 15 is 0 Å². The van der Waals surface area contributed by atoms with Crippen molar-refractivity contribution in [2.75, 3.05) is 0 Å². The van der Waals surface area contributed by atoms with E-state index in [-0.39, 0.29) is 18.4 Å². The van der Waals surface area contributed by atoms with Gasteiger partial charge in [0.05, 0.1) is 11.2 Å². The zero-order valence-corrected chi connectivity index (χ0v) is 10.5. The predicted octanol–water partition coefficient (Wildman–Crippen LogP) is 2.34. The molecule has 0 saturated heterocycles. The molecule has 0 spiro atoms. The normalized spacial score (nSPS) is 12.4. The van der Waals surface area contributed by atoms with Gasteiger partial charge in [-0.15, -0.1) is 12.4 Å². The van der Waals surface area contributed by atoms with Crippen molar-refractivity contribution in [1.82, 2.24) is 9.38 Å². The lowest BCUT2D eigenvalue weighted by atomic mass is 10.1. The van der Waals surface area contributed by atoms with Crippen LogP contribution in [0.4, 0.5) is 0 Å². The SMILES string of the molecule is CCC(N)Cc1nc(C)n2ccccc12.Cl. The molecule has 1 atom stereocenters. The summed E-state index contributed by atoms with van der Waals surface area (Å²) in [6.45, 7) is 4.13. The van der Waals surface area contributed by atoms with Gasteiger partial charge in [0, 0.05) is 18.7 Å². The van der Waals surface area contributed by atoms with Crippen molar-refractivity contribution in [3.05, 3.63) is 35.9 Å². The van der Waals surface area contributed by atoms with E-state index in [2.05, 4.69) is 22.4 Å². The van der Waals surface area contributed by atoms with Crippen LogP contribution >= 0.6 is 12.4 Å². The van der Waals surface area contributed by atoms with Crippen LogP contribution in [-0.4, -0.2) is 15.4 Å². The van der Waals surface area contributed by atoms with E-state index in [1.54, 1.807) is 0 Å². The van der Waals surface area contributed by atoms with Crippen molar-refractivity contribution in [3.63, 3.8) is 0 Å². The summed E-state index contributed by atoms with van der Waals surface area (Å²) in [5.41, 5.74) is 8.25. The second kappa shape index (κ2) is 5.32. The molecule has 0 saturated carbocycles. The summed E-state index contributed by atoms with van der Waals surface area (Å²) < 4.78 is 2.11. The molecule has 88 valence electrons. The van der Waals surface area contributed by atoms with Crippen molar-refractivity contribution in [1.29, 1.82) is 0 Å². The Kier molecular flexibility index (Phi) is 4.33. The highest BCUT2D eigenvalue weighted by molar-refractivity contribution is 5.85. The summed E-state index contributed by atoms with van der Waals surface area (Å²) in [4.78, 5) is 4.56. The van der Waals surface area contributed by atoms with Gasteiger partial charge in [0.15, 0.2) is 0 Å². The molecule has 2 aromatic rings.